The van der Waals surface area contributed by atoms with Crippen LogP contribution in [0.2, 0.25) is 0 Å². The van der Waals surface area contributed by atoms with Gasteiger partial charge in [-0.3, -0.25) is 29.5 Å². The number of amides is 3. The van der Waals surface area contributed by atoms with Crippen LogP contribution in [0.3, 0.4) is 0 Å². The summed E-state index contributed by atoms with van der Waals surface area (Å²) in [6, 6.07) is 5.47. The van der Waals surface area contributed by atoms with E-state index in [9.17, 15) is 22.8 Å². The third-order valence-electron chi connectivity index (χ3n) is 8.44. The number of nitrogens with zero attached hydrogens (tertiary/aromatic N) is 5. The van der Waals surface area contributed by atoms with E-state index in [1.165, 1.54) is 17.9 Å². The van der Waals surface area contributed by atoms with Gasteiger partial charge < -0.3 is 15.0 Å². The number of imidazole rings is 1. The van der Waals surface area contributed by atoms with E-state index >= 15 is 0 Å². The molecular formula is C31H41N9O6S. The predicted octanol–water partition coefficient (Wildman–Crippen LogP) is 1.10. The number of carbonyl (C=O) groups is 3. The van der Waals surface area contributed by atoms with E-state index in [4.69, 9.17) is 10.6 Å². The number of ether oxygens (including phenoxy) is 1. The van der Waals surface area contributed by atoms with Crippen LogP contribution in [-0.2, 0) is 24.4 Å². The highest BCUT2D eigenvalue weighted by Crippen LogP contribution is 2.32. The second-order valence-corrected chi connectivity index (χ2v) is 15.2. The van der Waals surface area contributed by atoms with Crippen LogP contribution >= 0.6 is 0 Å². The first kappa shape index (κ1) is 33.9. The molecule has 1 saturated heterocycles. The molecule has 2 aromatic heterocycles. The van der Waals surface area contributed by atoms with Crippen molar-refractivity contribution in [2.24, 2.45) is 11.3 Å². The second-order valence-electron chi connectivity index (χ2n) is 13.3. The summed E-state index contributed by atoms with van der Waals surface area (Å²) in [5.74, 6) is 4.59. The molecule has 0 radical (unpaired) electrons. The molecule has 5 rings (SSSR count). The second kappa shape index (κ2) is 13.0. The maximum Gasteiger partial charge on any atom is 0.259 e. The smallest absolute Gasteiger partial charge is 0.259 e. The van der Waals surface area contributed by atoms with E-state index in [2.05, 4.69) is 37.2 Å². The highest BCUT2D eigenvalue weighted by Gasteiger charge is 2.48. The van der Waals surface area contributed by atoms with Gasteiger partial charge in [-0.1, -0.05) is 45.0 Å². The van der Waals surface area contributed by atoms with Gasteiger partial charge in [-0.05, 0) is 37.7 Å². The van der Waals surface area contributed by atoms with Crippen molar-refractivity contribution in [1.29, 1.82) is 0 Å². The number of nitrogens with two attached hydrogens (primary N) is 1. The first-order valence-electron chi connectivity index (χ1n) is 15.3. The van der Waals surface area contributed by atoms with Crippen LogP contribution in [0.4, 0.5) is 0 Å². The number of likely N-dealkylation sites (tertiary alicyclic amines) is 1. The van der Waals surface area contributed by atoms with Crippen molar-refractivity contribution in [1.82, 2.24) is 40.1 Å². The van der Waals surface area contributed by atoms with Gasteiger partial charge in [-0.2, -0.15) is 0 Å². The Labute approximate surface area is 273 Å². The van der Waals surface area contributed by atoms with Gasteiger partial charge in [0.25, 0.3) is 5.91 Å². The fourth-order valence-corrected chi connectivity index (χ4v) is 7.07. The lowest BCUT2D eigenvalue weighted by molar-refractivity contribution is -0.143. The molecule has 1 saturated carbocycles. The lowest BCUT2D eigenvalue weighted by Gasteiger charge is -2.35. The molecule has 0 spiro atoms. The van der Waals surface area contributed by atoms with Gasteiger partial charge in [0.15, 0.2) is 5.82 Å². The molecule has 3 aromatic rings. The number of hydrogen-bond donors (Lipinski definition) is 4. The lowest BCUT2D eigenvalue weighted by atomic mass is 9.86. The van der Waals surface area contributed by atoms with Gasteiger partial charge in [0, 0.05) is 29.6 Å². The summed E-state index contributed by atoms with van der Waals surface area (Å²) in [4.78, 5) is 46.7. The third-order valence-corrected chi connectivity index (χ3v) is 10.3. The number of fused-ring (bicyclic) bond motifs is 1. The molecule has 47 heavy (non-hydrogen) atoms. The highest BCUT2D eigenvalue weighted by atomic mass is 32.2. The van der Waals surface area contributed by atoms with E-state index in [1.807, 2.05) is 45.0 Å². The normalized spacial score (nSPS) is 20.3. The fraction of sp³-hybridized carbons (Fsp3) is 0.484. The maximum absolute atomic E-state index is 14.0. The van der Waals surface area contributed by atoms with Crippen LogP contribution in [0, 0.1) is 5.41 Å². The number of hydrazine groups is 1. The summed E-state index contributed by atoms with van der Waals surface area (Å²) in [6.07, 6.45) is 6.62. The summed E-state index contributed by atoms with van der Waals surface area (Å²) in [5.41, 5.74) is 0.286. The predicted molar refractivity (Wildman–Crippen MR) is 173 cm³/mol. The van der Waals surface area contributed by atoms with E-state index in [1.54, 1.807) is 23.3 Å². The molecule has 15 nitrogen and oxygen atoms in total. The van der Waals surface area contributed by atoms with Crippen molar-refractivity contribution in [3.05, 3.63) is 55.6 Å². The van der Waals surface area contributed by atoms with E-state index in [-0.39, 0.29) is 25.3 Å². The van der Waals surface area contributed by atoms with Crippen LogP contribution in [0.15, 0.2) is 55.6 Å². The molecular weight excluding hydrogens is 626 g/mol. The van der Waals surface area contributed by atoms with Gasteiger partial charge in [0.1, 0.15) is 30.1 Å². The minimum absolute atomic E-state index is 0.00485. The quantitative estimate of drug-likeness (QED) is 0.122. The Bertz CT molecular complexity index is 1770. The highest BCUT2D eigenvalue weighted by molar-refractivity contribution is 7.90. The number of rotatable bonds is 12. The van der Waals surface area contributed by atoms with Gasteiger partial charge in [-0.15, -0.1) is 16.8 Å². The standard InChI is InChI=1S/C31H41N9O6S/c1-6-13-31(5,29(43)38-47(44,45)20-11-12-20)34-26(41)23-16-19(17-40(23)28(42)24(35-32)30(2,3)4)46-27-22-10-8-7-9-21(22)25(36-37-27)39-15-14-33-18-39/h6-10,14-15,18-20,23-24,35H,1,11-13,16-17,32H2,2-5H3,(H,34,41)(H,38,43)/t19-,23+,24-,31+/m1/s1. The molecule has 0 unspecified atom stereocenters. The lowest BCUT2D eigenvalue weighted by Crippen LogP contribution is -2.62. The first-order chi connectivity index (χ1) is 22.2. The Morgan fingerprint density at radius 3 is 2.45 bits per heavy atom. The van der Waals surface area contributed by atoms with Gasteiger partial charge in [-0.25, -0.2) is 18.8 Å². The fourth-order valence-electron chi connectivity index (χ4n) is 5.67. The monoisotopic (exact) mass is 667 g/mol. The minimum atomic E-state index is -3.89. The summed E-state index contributed by atoms with van der Waals surface area (Å²) in [6.45, 7) is 10.6. The molecule has 4 atom stereocenters. The molecule has 2 aliphatic rings. The molecule has 5 N–H and O–H groups in total. The Hall–Kier alpha value is -4.41. The number of hydrogen-bond acceptors (Lipinski definition) is 11. The summed E-state index contributed by atoms with van der Waals surface area (Å²) >= 11 is 0. The molecule has 1 aliphatic heterocycles. The van der Waals surface area contributed by atoms with Crippen molar-refractivity contribution < 1.29 is 27.5 Å². The first-order valence-corrected chi connectivity index (χ1v) is 16.9. The molecule has 3 amide bonds. The largest absolute Gasteiger partial charge is 0.471 e. The zero-order valence-corrected chi connectivity index (χ0v) is 27.7. The van der Waals surface area contributed by atoms with Crippen molar-refractivity contribution in [2.75, 3.05) is 6.54 Å². The van der Waals surface area contributed by atoms with E-state index in [0.717, 1.165) is 5.39 Å². The molecule has 2 fully saturated rings. The molecule has 3 heterocycles. The molecule has 16 heteroatoms. The number of sulfonamides is 1. The number of aromatic nitrogens is 4. The Balaban J connectivity index is 1.44. The van der Waals surface area contributed by atoms with Crippen LogP contribution in [0.1, 0.15) is 53.4 Å². The van der Waals surface area contributed by atoms with Crippen LogP contribution in [0.5, 0.6) is 5.88 Å². The summed E-state index contributed by atoms with van der Waals surface area (Å²) < 4.78 is 35.3. The molecule has 1 aliphatic carbocycles. The van der Waals surface area contributed by atoms with Crippen molar-refractivity contribution in [3.63, 3.8) is 0 Å². The van der Waals surface area contributed by atoms with Crippen LogP contribution in [-0.4, -0.2) is 86.3 Å². The number of carbonyl (C=O) groups excluding carboxylic acids is 3. The topological polar surface area (TPSA) is 204 Å². The Kier molecular flexibility index (Phi) is 9.39. The molecule has 252 valence electrons. The van der Waals surface area contributed by atoms with Crippen LogP contribution in [0.25, 0.3) is 16.6 Å². The summed E-state index contributed by atoms with van der Waals surface area (Å²) in [7, 11) is -3.89. The third kappa shape index (κ3) is 7.13. The van der Waals surface area contributed by atoms with Gasteiger partial charge in [0.05, 0.1) is 11.8 Å². The number of nitrogens with one attached hydrogen (secondary N) is 3. The zero-order valence-electron chi connectivity index (χ0n) is 26.8. The Morgan fingerprint density at radius 1 is 1.15 bits per heavy atom. The minimum Gasteiger partial charge on any atom is -0.471 e. The van der Waals surface area contributed by atoms with Crippen LogP contribution < -0.4 is 26.0 Å². The van der Waals surface area contributed by atoms with Crippen molar-refractivity contribution >= 4 is 38.5 Å². The Morgan fingerprint density at radius 2 is 1.85 bits per heavy atom. The zero-order chi connectivity index (χ0) is 34.1. The van der Waals surface area contributed by atoms with Crippen molar-refractivity contribution in [3.8, 4) is 11.7 Å². The molecule has 0 bridgehead atoms. The van der Waals surface area contributed by atoms with Crippen molar-refractivity contribution in [2.45, 2.75) is 82.4 Å². The maximum atomic E-state index is 14.0. The van der Waals surface area contributed by atoms with Gasteiger partial charge >= 0.3 is 0 Å². The molecule has 1 aromatic carbocycles. The SMILES string of the molecule is C=CC[C@](C)(NC(=O)[C@@H]1C[C@@H](Oc2nnc(-n3ccnc3)c3ccccc23)CN1C(=O)[C@@H](NN)C(C)(C)C)C(=O)NS(=O)(=O)C1CC1. The average molecular weight is 668 g/mol. The average Bonchev–Trinajstić information content (AvgIpc) is 3.58. The summed E-state index contributed by atoms with van der Waals surface area (Å²) in [5, 5.41) is 12.2. The van der Waals surface area contributed by atoms with E-state index < -0.39 is 62.1 Å². The number of benzene rings is 1. The van der Waals surface area contributed by atoms with E-state index in [0.29, 0.717) is 24.0 Å². The van der Waals surface area contributed by atoms with Gasteiger partial charge in [0.2, 0.25) is 27.7 Å².